The molecule has 1 atom stereocenters. The zero-order valence-corrected chi connectivity index (χ0v) is 14.5. The van der Waals surface area contributed by atoms with Gasteiger partial charge in [-0.2, -0.15) is 0 Å². The predicted octanol–water partition coefficient (Wildman–Crippen LogP) is 2.58. The van der Waals surface area contributed by atoms with Gasteiger partial charge in [0.2, 0.25) is 0 Å². The zero-order valence-electron chi connectivity index (χ0n) is 14.5. The summed E-state index contributed by atoms with van der Waals surface area (Å²) in [5.74, 6) is -1.37. The number of hydrogen-bond donors (Lipinski definition) is 3. The maximum Gasteiger partial charge on any atom is 0.335 e. The normalized spacial score (nSPS) is 12.5. The highest BCUT2D eigenvalue weighted by Crippen LogP contribution is 2.33. The van der Waals surface area contributed by atoms with Crippen LogP contribution in [0, 0.1) is 12.3 Å². The molecule has 1 aromatic carbocycles. The number of carbonyl (C=O) groups excluding carboxylic acids is 1. The summed E-state index contributed by atoms with van der Waals surface area (Å²) in [6, 6.07) is 7.54. The van der Waals surface area contributed by atoms with E-state index in [0.29, 0.717) is 11.1 Å². The second kappa shape index (κ2) is 7.44. The minimum atomic E-state index is -1.04. The first-order valence-corrected chi connectivity index (χ1v) is 7.92. The highest BCUT2D eigenvalue weighted by molar-refractivity contribution is 5.97. The van der Waals surface area contributed by atoms with Gasteiger partial charge < -0.3 is 15.5 Å². The monoisotopic (exact) mass is 342 g/mol. The Kier molecular flexibility index (Phi) is 5.54. The Bertz CT molecular complexity index is 772. The largest absolute Gasteiger partial charge is 0.478 e. The third kappa shape index (κ3) is 4.22. The molecule has 132 valence electrons. The van der Waals surface area contributed by atoms with Crippen LogP contribution in [0.3, 0.4) is 0 Å². The summed E-state index contributed by atoms with van der Waals surface area (Å²) in [5, 5.41) is 21.7. The standard InChI is InChI=1S/C19H22N2O4/c1-12-9-13(18(24)25)6-7-15(12)17(23)21-16(19(2,3)11-22)14-5-4-8-20-10-14/h4-10,16,22H,11H2,1-3H3,(H,21,23)(H,24,25). The van der Waals surface area contributed by atoms with Crippen molar-refractivity contribution in [1.82, 2.24) is 10.3 Å². The highest BCUT2D eigenvalue weighted by atomic mass is 16.4. The first kappa shape index (κ1) is 18.6. The number of aryl methyl sites for hydroxylation is 1. The van der Waals surface area contributed by atoms with Gasteiger partial charge in [0.05, 0.1) is 18.2 Å². The first-order chi connectivity index (χ1) is 11.8. The maximum atomic E-state index is 12.7. The van der Waals surface area contributed by atoms with E-state index in [-0.39, 0.29) is 18.1 Å². The molecule has 0 aliphatic carbocycles. The lowest BCUT2D eigenvalue weighted by Gasteiger charge is -2.33. The molecule has 1 heterocycles. The lowest BCUT2D eigenvalue weighted by atomic mass is 9.81. The van der Waals surface area contributed by atoms with Crippen molar-refractivity contribution in [3.05, 3.63) is 65.0 Å². The van der Waals surface area contributed by atoms with E-state index in [1.165, 1.54) is 18.2 Å². The number of aliphatic hydroxyl groups excluding tert-OH is 1. The van der Waals surface area contributed by atoms with Gasteiger partial charge in [-0.05, 0) is 42.3 Å². The van der Waals surface area contributed by atoms with Gasteiger partial charge in [-0.15, -0.1) is 0 Å². The fourth-order valence-electron chi connectivity index (χ4n) is 2.63. The second-order valence-electron chi connectivity index (χ2n) is 6.67. The summed E-state index contributed by atoms with van der Waals surface area (Å²) in [6.45, 7) is 5.28. The van der Waals surface area contributed by atoms with Crippen molar-refractivity contribution >= 4 is 11.9 Å². The maximum absolute atomic E-state index is 12.7. The number of hydrogen-bond acceptors (Lipinski definition) is 4. The molecule has 3 N–H and O–H groups in total. The lowest BCUT2D eigenvalue weighted by Crippen LogP contribution is -2.40. The smallest absolute Gasteiger partial charge is 0.335 e. The van der Waals surface area contributed by atoms with Crippen LogP contribution in [-0.4, -0.2) is 33.7 Å². The molecule has 1 amide bonds. The van der Waals surface area contributed by atoms with Gasteiger partial charge in [-0.1, -0.05) is 19.9 Å². The summed E-state index contributed by atoms with van der Waals surface area (Å²) in [7, 11) is 0. The van der Waals surface area contributed by atoms with Crippen molar-refractivity contribution in [3.8, 4) is 0 Å². The van der Waals surface area contributed by atoms with Crippen LogP contribution in [-0.2, 0) is 0 Å². The van der Waals surface area contributed by atoms with Crippen LogP contribution in [0.2, 0.25) is 0 Å². The molecule has 0 saturated heterocycles. The fraction of sp³-hybridized carbons (Fsp3) is 0.316. The molecular weight excluding hydrogens is 320 g/mol. The van der Waals surface area contributed by atoms with Gasteiger partial charge in [-0.25, -0.2) is 4.79 Å². The molecule has 6 nitrogen and oxygen atoms in total. The third-order valence-electron chi connectivity index (χ3n) is 4.20. The number of nitrogens with zero attached hydrogens (tertiary/aromatic N) is 1. The molecule has 6 heteroatoms. The van der Waals surface area contributed by atoms with E-state index in [9.17, 15) is 14.7 Å². The predicted molar refractivity (Wildman–Crippen MR) is 93.4 cm³/mol. The van der Waals surface area contributed by atoms with Crippen LogP contribution in [0.25, 0.3) is 0 Å². The third-order valence-corrected chi connectivity index (χ3v) is 4.20. The minimum Gasteiger partial charge on any atom is -0.478 e. The van der Waals surface area contributed by atoms with Crippen LogP contribution in [0.4, 0.5) is 0 Å². The van der Waals surface area contributed by atoms with E-state index in [4.69, 9.17) is 5.11 Å². The topological polar surface area (TPSA) is 99.5 Å². The Morgan fingerprint density at radius 1 is 1.28 bits per heavy atom. The van der Waals surface area contributed by atoms with Gasteiger partial charge in [0.15, 0.2) is 0 Å². The number of carboxylic acid groups (broad SMARTS) is 1. The molecule has 2 rings (SSSR count). The van der Waals surface area contributed by atoms with Crippen molar-refractivity contribution in [1.29, 1.82) is 0 Å². The van der Waals surface area contributed by atoms with Crippen LogP contribution in [0.15, 0.2) is 42.7 Å². The molecule has 0 saturated carbocycles. The number of rotatable bonds is 6. The van der Waals surface area contributed by atoms with E-state index in [0.717, 1.165) is 5.56 Å². The number of nitrogens with one attached hydrogen (secondary N) is 1. The molecule has 0 spiro atoms. The average molecular weight is 342 g/mol. The second-order valence-corrected chi connectivity index (χ2v) is 6.67. The highest BCUT2D eigenvalue weighted by Gasteiger charge is 2.32. The van der Waals surface area contributed by atoms with E-state index < -0.39 is 17.4 Å². The summed E-state index contributed by atoms with van der Waals surface area (Å²) >= 11 is 0. The van der Waals surface area contributed by atoms with Crippen LogP contribution in [0.5, 0.6) is 0 Å². The van der Waals surface area contributed by atoms with E-state index in [2.05, 4.69) is 10.3 Å². The quantitative estimate of drug-likeness (QED) is 0.749. The van der Waals surface area contributed by atoms with Crippen molar-refractivity contribution < 1.29 is 19.8 Å². The summed E-state index contributed by atoms with van der Waals surface area (Å²) < 4.78 is 0. The molecule has 0 radical (unpaired) electrons. The fourth-order valence-corrected chi connectivity index (χ4v) is 2.63. The minimum absolute atomic E-state index is 0.121. The van der Waals surface area contributed by atoms with Gasteiger partial charge in [-0.3, -0.25) is 9.78 Å². The average Bonchev–Trinajstić information content (AvgIpc) is 2.59. The SMILES string of the molecule is Cc1cc(C(=O)O)ccc1C(=O)NC(c1cccnc1)C(C)(C)CO. The van der Waals surface area contributed by atoms with Crippen molar-refractivity contribution in [2.24, 2.45) is 5.41 Å². The van der Waals surface area contributed by atoms with Crippen LogP contribution < -0.4 is 5.32 Å². The molecule has 1 unspecified atom stereocenters. The summed E-state index contributed by atoms with van der Waals surface area (Å²) in [5.41, 5.74) is 1.29. The Labute approximate surface area is 146 Å². The number of aromatic nitrogens is 1. The molecule has 1 aromatic heterocycles. The number of carboxylic acids is 1. The number of carbonyl (C=O) groups is 2. The lowest BCUT2D eigenvalue weighted by molar-refractivity contribution is 0.0695. The van der Waals surface area contributed by atoms with E-state index in [1.807, 2.05) is 19.9 Å². The zero-order chi connectivity index (χ0) is 18.6. The summed E-state index contributed by atoms with van der Waals surface area (Å²) in [6.07, 6.45) is 3.30. The van der Waals surface area contributed by atoms with E-state index in [1.54, 1.807) is 25.4 Å². The number of aromatic carboxylic acids is 1. The van der Waals surface area contributed by atoms with Crippen molar-refractivity contribution in [2.45, 2.75) is 26.8 Å². The Morgan fingerprint density at radius 3 is 2.52 bits per heavy atom. The van der Waals surface area contributed by atoms with E-state index >= 15 is 0 Å². The number of benzene rings is 1. The van der Waals surface area contributed by atoms with Gasteiger partial charge in [0.1, 0.15) is 0 Å². The molecule has 0 aliphatic rings. The first-order valence-electron chi connectivity index (χ1n) is 7.92. The molecular formula is C19H22N2O4. The van der Waals surface area contributed by atoms with Crippen LogP contribution >= 0.6 is 0 Å². The van der Waals surface area contributed by atoms with Gasteiger partial charge in [0, 0.05) is 23.4 Å². The number of aliphatic hydroxyl groups is 1. The Hall–Kier alpha value is -2.73. The Morgan fingerprint density at radius 2 is 2.00 bits per heavy atom. The van der Waals surface area contributed by atoms with Gasteiger partial charge in [0.25, 0.3) is 5.91 Å². The molecule has 0 fully saturated rings. The Balaban J connectivity index is 2.33. The molecule has 25 heavy (non-hydrogen) atoms. The molecule has 2 aromatic rings. The number of pyridine rings is 1. The van der Waals surface area contributed by atoms with Gasteiger partial charge >= 0.3 is 5.97 Å². The van der Waals surface area contributed by atoms with Crippen molar-refractivity contribution in [2.75, 3.05) is 6.61 Å². The summed E-state index contributed by atoms with van der Waals surface area (Å²) in [4.78, 5) is 27.8. The van der Waals surface area contributed by atoms with Crippen LogP contribution in [0.1, 0.15) is 51.7 Å². The molecule has 0 bridgehead atoms. The van der Waals surface area contributed by atoms with Crippen molar-refractivity contribution in [3.63, 3.8) is 0 Å². The number of amides is 1. The molecule has 0 aliphatic heterocycles.